The molecule has 0 N–H and O–H groups in total. The zero-order valence-corrected chi connectivity index (χ0v) is 19.2. The van der Waals surface area contributed by atoms with E-state index in [2.05, 4.69) is 6.58 Å². The average molecular weight is 482 g/mol. The Morgan fingerprint density at radius 1 is 1.22 bits per heavy atom. The van der Waals surface area contributed by atoms with Gasteiger partial charge in [-0.2, -0.15) is 4.31 Å². The predicted octanol–water partition coefficient (Wildman–Crippen LogP) is 3.92. The van der Waals surface area contributed by atoms with Crippen LogP contribution in [0.15, 0.2) is 35.7 Å². The molecule has 0 unspecified atom stereocenters. The highest BCUT2D eigenvalue weighted by atomic mass is 32.2. The van der Waals surface area contributed by atoms with Gasteiger partial charge in [0.05, 0.1) is 10.6 Å². The zero-order chi connectivity index (χ0) is 22.9. The third-order valence-corrected chi connectivity index (χ3v) is 9.05. The van der Waals surface area contributed by atoms with Crippen LogP contribution in [0.25, 0.3) is 0 Å². The standard InChI is InChI=1S/C22H25F2N3O3S2/c1-2-11-27(22-25-19-5-3-4-6-20(19)31-22)21(28)15-9-12-26(13-10-15)32(29,30)16-7-8-17(23)18(24)14-16/h2,7-8,14-15H,1,3-6,9-13H2. The first-order valence-corrected chi connectivity index (χ1v) is 12.9. The number of hydrogen-bond acceptors (Lipinski definition) is 5. The molecule has 1 aromatic carbocycles. The van der Waals surface area contributed by atoms with E-state index in [0.29, 0.717) is 30.6 Å². The van der Waals surface area contributed by atoms with Crippen LogP contribution in [0, 0.1) is 17.6 Å². The summed E-state index contributed by atoms with van der Waals surface area (Å²) in [4.78, 5) is 20.6. The van der Waals surface area contributed by atoms with Gasteiger partial charge in [0.2, 0.25) is 15.9 Å². The van der Waals surface area contributed by atoms with Crippen molar-refractivity contribution in [1.29, 1.82) is 0 Å². The van der Waals surface area contributed by atoms with E-state index in [1.54, 1.807) is 22.3 Å². The first-order chi connectivity index (χ1) is 15.3. The third-order valence-electron chi connectivity index (χ3n) is 5.97. The number of aromatic nitrogens is 1. The Hall–Kier alpha value is -2.17. The number of piperidine rings is 1. The molecule has 0 spiro atoms. The maximum absolute atomic E-state index is 13.5. The molecule has 4 rings (SSSR count). The molecule has 1 amide bonds. The van der Waals surface area contributed by atoms with Crippen molar-refractivity contribution in [2.45, 2.75) is 43.4 Å². The fourth-order valence-corrected chi connectivity index (χ4v) is 6.84. The minimum absolute atomic E-state index is 0.0825. The molecule has 0 saturated carbocycles. The van der Waals surface area contributed by atoms with Crippen LogP contribution >= 0.6 is 11.3 Å². The molecule has 32 heavy (non-hydrogen) atoms. The van der Waals surface area contributed by atoms with E-state index in [0.717, 1.165) is 43.5 Å². The van der Waals surface area contributed by atoms with Gasteiger partial charge in [-0.3, -0.25) is 9.69 Å². The Balaban J connectivity index is 1.46. The summed E-state index contributed by atoms with van der Waals surface area (Å²) in [5, 5.41) is 0.679. The average Bonchev–Trinajstić information content (AvgIpc) is 3.22. The van der Waals surface area contributed by atoms with Crippen molar-refractivity contribution < 1.29 is 22.0 Å². The molecule has 1 aromatic heterocycles. The van der Waals surface area contributed by atoms with Crippen LogP contribution < -0.4 is 4.90 Å². The molecule has 2 aliphatic rings. The van der Waals surface area contributed by atoms with Gasteiger partial charge in [0.25, 0.3) is 0 Å². The highest BCUT2D eigenvalue weighted by Gasteiger charge is 2.35. The predicted molar refractivity (Wildman–Crippen MR) is 119 cm³/mol. The quantitative estimate of drug-likeness (QED) is 0.587. The lowest BCUT2D eigenvalue weighted by Crippen LogP contribution is -2.44. The summed E-state index contributed by atoms with van der Waals surface area (Å²) in [7, 11) is -3.96. The first kappa shape index (κ1) is 23.0. The largest absolute Gasteiger partial charge is 0.284 e. The molecule has 0 atom stereocenters. The van der Waals surface area contributed by atoms with Crippen molar-refractivity contribution in [2.75, 3.05) is 24.5 Å². The molecule has 1 fully saturated rings. The van der Waals surface area contributed by atoms with E-state index in [-0.39, 0.29) is 29.8 Å². The smallest absolute Gasteiger partial charge is 0.243 e. The minimum atomic E-state index is -3.96. The molecule has 172 valence electrons. The van der Waals surface area contributed by atoms with Crippen molar-refractivity contribution in [3.05, 3.63) is 53.1 Å². The van der Waals surface area contributed by atoms with Crippen molar-refractivity contribution in [3.8, 4) is 0 Å². The SMILES string of the molecule is C=CCN(C(=O)C1CCN(S(=O)(=O)c2ccc(F)c(F)c2)CC1)c1nc2c(s1)CCCC2. The molecule has 6 nitrogen and oxygen atoms in total. The lowest BCUT2D eigenvalue weighted by molar-refractivity contribution is -0.123. The molecule has 1 aliphatic carbocycles. The van der Waals surface area contributed by atoms with E-state index in [1.165, 1.54) is 9.18 Å². The van der Waals surface area contributed by atoms with Crippen LogP contribution in [-0.4, -0.2) is 43.2 Å². The van der Waals surface area contributed by atoms with E-state index in [1.807, 2.05) is 0 Å². The lowest BCUT2D eigenvalue weighted by atomic mass is 9.96. The molecule has 0 radical (unpaired) electrons. The van der Waals surface area contributed by atoms with Gasteiger partial charge in [-0.25, -0.2) is 22.2 Å². The van der Waals surface area contributed by atoms with Gasteiger partial charge in [0.15, 0.2) is 16.8 Å². The summed E-state index contributed by atoms with van der Waals surface area (Å²) in [5.41, 5.74) is 1.07. The second kappa shape index (κ2) is 9.36. The maximum atomic E-state index is 13.5. The van der Waals surface area contributed by atoms with Crippen molar-refractivity contribution >= 4 is 32.4 Å². The highest BCUT2D eigenvalue weighted by molar-refractivity contribution is 7.89. The Morgan fingerprint density at radius 2 is 1.94 bits per heavy atom. The number of carbonyl (C=O) groups excluding carboxylic acids is 1. The van der Waals surface area contributed by atoms with Crippen molar-refractivity contribution in [1.82, 2.24) is 9.29 Å². The molecule has 1 saturated heterocycles. The number of thiazole rings is 1. The van der Waals surface area contributed by atoms with E-state index in [9.17, 15) is 22.0 Å². The van der Waals surface area contributed by atoms with Gasteiger partial charge < -0.3 is 0 Å². The Labute approximate surface area is 190 Å². The molecule has 10 heteroatoms. The number of hydrogen-bond donors (Lipinski definition) is 0. The maximum Gasteiger partial charge on any atom is 0.243 e. The van der Waals surface area contributed by atoms with Gasteiger partial charge in [-0.1, -0.05) is 6.08 Å². The third kappa shape index (κ3) is 4.49. The molecule has 2 aromatic rings. The minimum Gasteiger partial charge on any atom is -0.284 e. The normalized spacial score (nSPS) is 17.7. The Kier molecular flexibility index (Phi) is 6.73. The van der Waals surface area contributed by atoms with E-state index >= 15 is 0 Å². The van der Waals surface area contributed by atoms with Crippen LogP contribution in [0.1, 0.15) is 36.3 Å². The summed E-state index contributed by atoms with van der Waals surface area (Å²) in [6.07, 6.45) is 6.53. The summed E-state index contributed by atoms with van der Waals surface area (Å²) in [5.74, 6) is -2.73. The van der Waals surface area contributed by atoms with E-state index in [4.69, 9.17) is 4.98 Å². The fraction of sp³-hybridized carbons (Fsp3) is 0.455. The van der Waals surface area contributed by atoms with Crippen LogP contribution in [0.2, 0.25) is 0 Å². The van der Waals surface area contributed by atoms with Crippen LogP contribution in [0.5, 0.6) is 0 Å². The molecular formula is C22H25F2N3O3S2. The number of aryl methyl sites for hydroxylation is 2. The van der Waals surface area contributed by atoms with Gasteiger partial charge in [0.1, 0.15) is 0 Å². The first-order valence-electron chi connectivity index (χ1n) is 10.7. The number of nitrogens with zero attached hydrogens (tertiary/aromatic N) is 3. The molecule has 2 heterocycles. The summed E-state index contributed by atoms with van der Waals surface area (Å²) in [6, 6.07) is 2.55. The summed E-state index contributed by atoms with van der Waals surface area (Å²) >= 11 is 1.55. The number of sulfonamides is 1. The second-order valence-electron chi connectivity index (χ2n) is 8.07. The highest BCUT2D eigenvalue weighted by Crippen LogP contribution is 2.34. The number of fused-ring (bicyclic) bond motifs is 1. The van der Waals surface area contributed by atoms with Crippen LogP contribution in [-0.2, 0) is 27.7 Å². The molecular weight excluding hydrogens is 456 g/mol. The number of amides is 1. The summed E-state index contributed by atoms with van der Waals surface area (Å²) < 4.78 is 53.6. The van der Waals surface area contributed by atoms with Crippen LogP contribution in [0.4, 0.5) is 13.9 Å². The molecule has 1 aliphatic heterocycles. The zero-order valence-electron chi connectivity index (χ0n) is 17.6. The monoisotopic (exact) mass is 481 g/mol. The van der Waals surface area contributed by atoms with E-state index < -0.39 is 21.7 Å². The number of benzene rings is 1. The topological polar surface area (TPSA) is 70.6 Å². The fourth-order valence-electron chi connectivity index (χ4n) is 4.20. The van der Waals surface area contributed by atoms with Crippen molar-refractivity contribution in [3.63, 3.8) is 0 Å². The Bertz CT molecular complexity index is 1100. The van der Waals surface area contributed by atoms with Gasteiger partial charge >= 0.3 is 0 Å². The van der Waals surface area contributed by atoms with Gasteiger partial charge in [-0.15, -0.1) is 17.9 Å². The second-order valence-corrected chi connectivity index (χ2v) is 11.1. The van der Waals surface area contributed by atoms with Crippen LogP contribution in [0.3, 0.4) is 0 Å². The summed E-state index contributed by atoms with van der Waals surface area (Å²) in [6.45, 7) is 4.38. The molecule has 0 bridgehead atoms. The number of anilines is 1. The number of rotatable bonds is 6. The Morgan fingerprint density at radius 3 is 2.59 bits per heavy atom. The number of carbonyl (C=O) groups is 1. The van der Waals surface area contributed by atoms with Gasteiger partial charge in [0, 0.05) is 30.4 Å². The lowest BCUT2D eigenvalue weighted by Gasteiger charge is -2.32. The van der Waals surface area contributed by atoms with Crippen molar-refractivity contribution in [2.24, 2.45) is 5.92 Å². The van der Waals surface area contributed by atoms with Gasteiger partial charge in [-0.05, 0) is 56.7 Å². The number of halogens is 2.